The van der Waals surface area contributed by atoms with Crippen molar-refractivity contribution in [3.63, 3.8) is 0 Å². The molecule has 0 bridgehead atoms. The molecule has 0 saturated carbocycles. The van der Waals surface area contributed by atoms with Crippen LogP contribution >= 0.6 is 0 Å². The van der Waals surface area contributed by atoms with Gasteiger partial charge in [0.15, 0.2) is 11.8 Å². The van der Waals surface area contributed by atoms with Crippen molar-refractivity contribution in [2.24, 2.45) is 12.0 Å². The van der Waals surface area contributed by atoms with Gasteiger partial charge >= 0.3 is 0 Å². The highest BCUT2D eigenvalue weighted by molar-refractivity contribution is 5.79. The molecule has 0 amide bonds. The molecule has 0 aliphatic heterocycles. The van der Waals surface area contributed by atoms with Crippen molar-refractivity contribution in [3.05, 3.63) is 47.5 Å². The first-order valence-corrected chi connectivity index (χ1v) is 9.66. The predicted molar refractivity (Wildman–Crippen MR) is 110 cm³/mol. The summed E-state index contributed by atoms with van der Waals surface area (Å²) in [6.07, 6.45) is 0.868. The molecule has 0 spiro atoms. The van der Waals surface area contributed by atoms with E-state index in [0.717, 1.165) is 30.2 Å². The van der Waals surface area contributed by atoms with Crippen LogP contribution in [0, 0.1) is 6.92 Å². The van der Waals surface area contributed by atoms with Crippen LogP contribution in [0.1, 0.15) is 37.5 Å². The van der Waals surface area contributed by atoms with E-state index in [-0.39, 0.29) is 0 Å². The fourth-order valence-electron chi connectivity index (χ4n) is 2.59. The SMILES string of the molecule is CCOCCCNC(=NCc1nnc(C)n1C)NCC(C)(O)c1ccccc1. The Hall–Kier alpha value is -2.45. The first-order valence-electron chi connectivity index (χ1n) is 9.66. The van der Waals surface area contributed by atoms with Crippen molar-refractivity contribution in [2.45, 2.75) is 39.3 Å². The summed E-state index contributed by atoms with van der Waals surface area (Å²) < 4.78 is 7.29. The van der Waals surface area contributed by atoms with Crippen molar-refractivity contribution in [2.75, 3.05) is 26.3 Å². The number of nitrogens with one attached hydrogen (secondary N) is 2. The molecule has 154 valence electrons. The zero-order valence-electron chi connectivity index (χ0n) is 17.3. The minimum atomic E-state index is -1.02. The van der Waals surface area contributed by atoms with Gasteiger partial charge in [-0.1, -0.05) is 30.3 Å². The van der Waals surface area contributed by atoms with Crippen LogP contribution in [0.25, 0.3) is 0 Å². The quantitative estimate of drug-likeness (QED) is 0.324. The highest BCUT2D eigenvalue weighted by Crippen LogP contribution is 2.18. The molecule has 0 aliphatic rings. The maximum atomic E-state index is 10.8. The van der Waals surface area contributed by atoms with E-state index in [1.54, 1.807) is 6.92 Å². The van der Waals surface area contributed by atoms with Crippen LogP contribution in [0.3, 0.4) is 0 Å². The first-order chi connectivity index (χ1) is 13.4. The first kappa shape index (κ1) is 21.8. The van der Waals surface area contributed by atoms with Crippen LogP contribution in [-0.2, 0) is 23.9 Å². The summed E-state index contributed by atoms with van der Waals surface area (Å²) in [5.74, 6) is 2.24. The average Bonchev–Trinajstić information content (AvgIpc) is 3.02. The van der Waals surface area contributed by atoms with Crippen LogP contribution in [0.4, 0.5) is 0 Å². The number of hydrogen-bond donors (Lipinski definition) is 3. The van der Waals surface area contributed by atoms with Crippen LogP contribution in [-0.4, -0.2) is 52.1 Å². The second-order valence-electron chi connectivity index (χ2n) is 6.86. The number of aliphatic imine (C=N–C) groups is 1. The molecule has 28 heavy (non-hydrogen) atoms. The van der Waals surface area contributed by atoms with E-state index in [0.29, 0.717) is 32.3 Å². The van der Waals surface area contributed by atoms with Gasteiger partial charge in [-0.25, -0.2) is 4.99 Å². The third kappa shape index (κ3) is 6.61. The van der Waals surface area contributed by atoms with Crippen molar-refractivity contribution in [1.29, 1.82) is 0 Å². The van der Waals surface area contributed by atoms with Gasteiger partial charge in [0.05, 0.1) is 6.54 Å². The number of rotatable bonds is 10. The predicted octanol–water partition coefficient (Wildman–Crippen LogP) is 1.49. The number of aryl methyl sites for hydroxylation is 1. The Balaban J connectivity index is 2.00. The Morgan fingerprint density at radius 1 is 1.25 bits per heavy atom. The number of benzene rings is 1. The van der Waals surface area contributed by atoms with E-state index in [2.05, 4.69) is 25.8 Å². The summed E-state index contributed by atoms with van der Waals surface area (Å²) in [6, 6.07) is 9.60. The van der Waals surface area contributed by atoms with Crippen molar-refractivity contribution in [1.82, 2.24) is 25.4 Å². The van der Waals surface area contributed by atoms with Gasteiger partial charge in [-0.2, -0.15) is 0 Å². The molecular formula is C20H32N6O2. The summed E-state index contributed by atoms with van der Waals surface area (Å²) in [5, 5.41) is 25.6. The highest BCUT2D eigenvalue weighted by Gasteiger charge is 2.23. The number of ether oxygens (including phenoxy) is 1. The molecule has 2 aromatic rings. The number of nitrogens with zero attached hydrogens (tertiary/aromatic N) is 4. The molecule has 0 aliphatic carbocycles. The van der Waals surface area contributed by atoms with E-state index < -0.39 is 5.60 Å². The van der Waals surface area contributed by atoms with Crippen LogP contribution in [0.15, 0.2) is 35.3 Å². The van der Waals surface area contributed by atoms with Gasteiger partial charge < -0.3 is 25.0 Å². The van der Waals surface area contributed by atoms with Gasteiger partial charge in [0, 0.05) is 26.8 Å². The van der Waals surface area contributed by atoms with Gasteiger partial charge in [-0.3, -0.25) is 0 Å². The smallest absolute Gasteiger partial charge is 0.191 e. The van der Waals surface area contributed by atoms with Crippen LogP contribution < -0.4 is 10.6 Å². The van der Waals surface area contributed by atoms with Gasteiger partial charge in [0.2, 0.25) is 0 Å². The maximum Gasteiger partial charge on any atom is 0.191 e. The van der Waals surface area contributed by atoms with Crippen LogP contribution in [0.5, 0.6) is 0 Å². The minimum Gasteiger partial charge on any atom is -0.384 e. The Bertz CT molecular complexity index is 742. The summed E-state index contributed by atoms with van der Waals surface area (Å²) in [7, 11) is 1.92. The number of aromatic nitrogens is 3. The lowest BCUT2D eigenvalue weighted by Crippen LogP contribution is -2.45. The molecule has 8 nitrogen and oxygen atoms in total. The fourth-order valence-corrected chi connectivity index (χ4v) is 2.59. The summed E-state index contributed by atoms with van der Waals surface area (Å²) in [6.45, 7) is 8.52. The number of guanidine groups is 1. The van der Waals surface area contributed by atoms with E-state index in [4.69, 9.17) is 4.74 Å². The lowest BCUT2D eigenvalue weighted by atomic mass is 9.96. The fraction of sp³-hybridized carbons (Fsp3) is 0.550. The highest BCUT2D eigenvalue weighted by atomic mass is 16.5. The monoisotopic (exact) mass is 388 g/mol. The molecule has 2 rings (SSSR count). The molecule has 8 heteroatoms. The summed E-state index contributed by atoms with van der Waals surface area (Å²) in [5.41, 5.74) is -0.168. The van der Waals surface area contributed by atoms with Crippen molar-refractivity contribution >= 4 is 5.96 Å². The third-order valence-corrected chi connectivity index (χ3v) is 4.52. The second-order valence-corrected chi connectivity index (χ2v) is 6.86. The van der Waals surface area contributed by atoms with Crippen molar-refractivity contribution in [3.8, 4) is 0 Å². The Labute approximate surface area is 167 Å². The summed E-state index contributed by atoms with van der Waals surface area (Å²) in [4.78, 5) is 4.60. The molecule has 1 aromatic carbocycles. The maximum absolute atomic E-state index is 10.8. The van der Waals surface area contributed by atoms with Gasteiger partial charge in [-0.05, 0) is 32.8 Å². The Morgan fingerprint density at radius 2 is 2.00 bits per heavy atom. The van der Waals surface area contributed by atoms with E-state index in [9.17, 15) is 5.11 Å². The van der Waals surface area contributed by atoms with Crippen LogP contribution in [0.2, 0.25) is 0 Å². The normalized spacial score (nSPS) is 14.0. The number of aliphatic hydroxyl groups is 1. The Kier molecular flexibility index (Phi) is 8.41. The Morgan fingerprint density at radius 3 is 2.64 bits per heavy atom. The summed E-state index contributed by atoms with van der Waals surface area (Å²) >= 11 is 0. The van der Waals surface area contributed by atoms with E-state index >= 15 is 0 Å². The molecule has 1 unspecified atom stereocenters. The van der Waals surface area contributed by atoms with Crippen molar-refractivity contribution < 1.29 is 9.84 Å². The third-order valence-electron chi connectivity index (χ3n) is 4.52. The molecule has 1 aromatic heterocycles. The molecular weight excluding hydrogens is 356 g/mol. The average molecular weight is 389 g/mol. The zero-order chi connectivity index (χ0) is 20.4. The molecule has 0 radical (unpaired) electrons. The van der Waals surface area contributed by atoms with Gasteiger partial charge in [0.1, 0.15) is 18.0 Å². The molecule has 3 N–H and O–H groups in total. The zero-order valence-corrected chi connectivity index (χ0v) is 17.3. The minimum absolute atomic E-state index is 0.326. The largest absolute Gasteiger partial charge is 0.384 e. The molecule has 0 saturated heterocycles. The molecule has 1 heterocycles. The lowest BCUT2D eigenvalue weighted by molar-refractivity contribution is 0.0616. The lowest BCUT2D eigenvalue weighted by Gasteiger charge is -2.25. The van der Waals surface area contributed by atoms with E-state index in [1.165, 1.54) is 0 Å². The van der Waals surface area contributed by atoms with E-state index in [1.807, 2.05) is 55.8 Å². The molecule has 1 atom stereocenters. The standard InChI is InChI=1S/C20H32N6O2/c1-5-28-13-9-12-21-19(22-14-18-25-24-16(2)26(18)4)23-15-20(3,27)17-10-7-6-8-11-17/h6-8,10-11,27H,5,9,12-15H2,1-4H3,(H2,21,22,23). The van der Waals surface area contributed by atoms with Gasteiger partial charge in [-0.15, -0.1) is 10.2 Å². The second kappa shape index (κ2) is 10.8. The molecule has 0 fully saturated rings. The topological polar surface area (TPSA) is 96.6 Å². The van der Waals surface area contributed by atoms with Gasteiger partial charge in [0.25, 0.3) is 0 Å². The number of hydrogen-bond acceptors (Lipinski definition) is 5.